The first-order chi connectivity index (χ1) is 30.5. The van der Waals surface area contributed by atoms with Crippen molar-refractivity contribution in [3.63, 3.8) is 0 Å². The van der Waals surface area contributed by atoms with Crippen LogP contribution in [0.2, 0.25) is 0 Å². The number of aryl methyl sites for hydroxylation is 9. The third-order valence-electron chi connectivity index (χ3n) is 14.4. The van der Waals surface area contributed by atoms with Crippen LogP contribution >= 0.6 is 0 Å². The van der Waals surface area contributed by atoms with Crippen LogP contribution in [0.1, 0.15) is 91.7 Å². The Morgan fingerprint density at radius 2 is 0.469 bits per heavy atom. The molecule has 8 aromatic rings. The van der Waals surface area contributed by atoms with E-state index in [0.717, 1.165) is 0 Å². The number of hydrogen-bond donors (Lipinski definition) is 0. The number of rotatable bonds is 7. The Morgan fingerprint density at radius 3 is 0.844 bits per heavy atom. The van der Waals surface area contributed by atoms with Gasteiger partial charge in [-0.25, -0.2) is 0 Å². The molecule has 0 nitrogen and oxygen atoms in total. The highest BCUT2D eigenvalue weighted by Crippen LogP contribution is 2.44. The molecule has 0 N–H and O–H groups in total. The highest BCUT2D eigenvalue weighted by molar-refractivity contribution is 5.93. The summed E-state index contributed by atoms with van der Waals surface area (Å²) in [4.78, 5) is 0. The molecule has 0 unspecified atom stereocenters. The van der Waals surface area contributed by atoms with Crippen LogP contribution in [0, 0.1) is 96.9 Å². The van der Waals surface area contributed by atoms with Gasteiger partial charge in [0.2, 0.25) is 0 Å². The molecule has 324 valence electrons. The molecule has 0 fully saturated rings. The largest absolute Gasteiger partial charge is 0.0683 e. The van der Waals surface area contributed by atoms with Crippen molar-refractivity contribution in [3.05, 3.63) is 199 Å². The van der Waals surface area contributed by atoms with Gasteiger partial charge < -0.3 is 0 Å². The molecule has 0 amide bonds. The summed E-state index contributed by atoms with van der Waals surface area (Å²) in [5, 5.41) is 0. The first kappa shape index (κ1) is 45.8. The Bertz CT molecular complexity index is 2900. The highest BCUT2D eigenvalue weighted by atomic mass is 14.2. The lowest BCUT2D eigenvalue weighted by molar-refractivity contribution is 1.26. The van der Waals surface area contributed by atoms with Crippen molar-refractivity contribution in [2.45, 2.75) is 111 Å². The monoisotopic (exact) mass is 837 g/mol. The van der Waals surface area contributed by atoms with Gasteiger partial charge in [0, 0.05) is 0 Å². The van der Waals surface area contributed by atoms with Crippen LogP contribution in [0.5, 0.6) is 0 Å². The Labute approximate surface area is 386 Å². The van der Waals surface area contributed by atoms with Crippen molar-refractivity contribution in [2.24, 2.45) is 0 Å². The molecule has 0 radical (unpaired) electrons. The Kier molecular flexibility index (Phi) is 13.2. The highest BCUT2D eigenvalue weighted by Gasteiger charge is 2.20. The molecule has 0 aliphatic carbocycles. The molecule has 8 aromatic carbocycles. The average Bonchev–Trinajstić information content (AvgIpc) is 3.28. The summed E-state index contributed by atoms with van der Waals surface area (Å²) >= 11 is 0. The SMILES string of the molecule is CC.Cc1cc(-c2cc(-c3cc(-c4ccccc4)cc(-c4cc(C)c(-c5cc(C)c(C)c(C)c5)c(-c5cc(C)c(C)c(C)c5)c4)c3)cc(-c3cc(C)c(C)c(C)c3)c2C)cc(C)c1C. The zero-order chi connectivity index (χ0) is 46.3. The van der Waals surface area contributed by atoms with Crippen LogP contribution in [-0.2, 0) is 0 Å². The normalized spacial score (nSPS) is 11.1. The van der Waals surface area contributed by atoms with Gasteiger partial charge in [0.05, 0.1) is 0 Å². The van der Waals surface area contributed by atoms with E-state index in [1.807, 2.05) is 13.8 Å². The molecular formula is C64H68. The second kappa shape index (κ2) is 18.5. The van der Waals surface area contributed by atoms with Crippen LogP contribution in [0.4, 0.5) is 0 Å². The summed E-state index contributed by atoms with van der Waals surface area (Å²) in [6.45, 7) is 35.5. The van der Waals surface area contributed by atoms with Crippen molar-refractivity contribution in [1.82, 2.24) is 0 Å². The summed E-state index contributed by atoms with van der Waals surface area (Å²) < 4.78 is 0. The van der Waals surface area contributed by atoms with Gasteiger partial charge in [0.15, 0.2) is 0 Å². The first-order valence-corrected chi connectivity index (χ1v) is 23.3. The van der Waals surface area contributed by atoms with Crippen molar-refractivity contribution in [3.8, 4) is 77.9 Å². The molecule has 0 aliphatic heterocycles. The Balaban J connectivity index is 0.00000302. The maximum Gasteiger partial charge on any atom is -0.00755 e. The fourth-order valence-corrected chi connectivity index (χ4v) is 9.56. The van der Waals surface area contributed by atoms with Gasteiger partial charge in [-0.15, -0.1) is 0 Å². The molecule has 0 spiro atoms. The van der Waals surface area contributed by atoms with Crippen LogP contribution in [0.3, 0.4) is 0 Å². The fraction of sp³-hybridized carbons (Fsp3) is 0.250. The predicted molar refractivity (Wildman–Crippen MR) is 282 cm³/mol. The van der Waals surface area contributed by atoms with Gasteiger partial charge >= 0.3 is 0 Å². The average molecular weight is 837 g/mol. The summed E-state index contributed by atoms with van der Waals surface area (Å²) in [7, 11) is 0. The van der Waals surface area contributed by atoms with Gasteiger partial charge in [-0.3, -0.25) is 0 Å². The van der Waals surface area contributed by atoms with Crippen LogP contribution in [0.15, 0.2) is 121 Å². The van der Waals surface area contributed by atoms with E-state index >= 15 is 0 Å². The van der Waals surface area contributed by atoms with Crippen molar-refractivity contribution >= 4 is 0 Å². The quantitative estimate of drug-likeness (QED) is 0.150. The smallest absolute Gasteiger partial charge is 0.00755 e. The van der Waals surface area contributed by atoms with Gasteiger partial charge in [-0.2, -0.15) is 0 Å². The standard InChI is InChI=1S/C62H62.C2H6/c1-35-20-55(21-36(2)44(35)10)59-32-54(33-60(48(59)14)56-22-37(3)45(11)38(4)23-56)53-30-51(49-18-16-15-17-19-49)29-52(31-53)50-28-43(9)62(58-26-41(7)47(13)42(8)27-58)61(34-50)57-24-39(5)46(12)40(6)25-57;1-2/h15-34H,1-14H3;1-2H3. The van der Waals surface area contributed by atoms with Gasteiger partial charge in [0.1, 0.15) is 0 Å². The molecule has 0 aliphatic rings. The number of hydrogen-bond acceptors (Lipinski definition) is 0. The van der Waals surface area contributed by atoms with E-state index in [4.69, 9.17) is 0 Å². The summed E-state index contributed by atoms with van der Waals surface area (Å²) in [5.41, 5.74) is 36.1. The maximum atomic E-state index is 2.46. The Morgan fingerprint density at radius 1 is 0.203 bits per heavy atom. The minimum absolute atomic E-state index is 1.21. The molecule has 8 rings (SSSR count). The summed E-state index contributed by atoms with van der Waals surface area (Å²) in [6, 6.07) is 47.0. The summed E-state index contributed by atoms with van der Waals surface area (Å²) in [6.07, 6.45) is 0. The molecule has 0 saturated carbocycles. The van der Waals surface area contributed by atoms with Gasteiger partial charge in [0.25, 0.3) is 0 Å². The fourth-order valence-electron chi connectivity index (χ4n) is 9.56. The van der Waals surface area contributed by atoms with Crippen molar-refractivity contribution in [2.75, 3.05) is 0 Å². The van der Waals surface area contributed by atoms with E-state index in [9.17, 15) is 0 Å². The lowest BCUT2D eigenvalue weighted by Crippen LogP contribution is -1.97. The van der Waals surface area contributed by atoms with E-state index in [2.05, 4.69) is 218 Å². The Hall–Kier alpha value is -6.24. The minimum atomic E-state index is 1.21. The zero-order valence-electron chi connectivity index (χ0n) is 41.5. The van der Waals surface area contributed by atoms with Crippen molar-refractivity contribution in [1.29, 1.82) is 0 Å². The van der Waals surface area contributed by atoms with E-state index in [1.165, 1.54) is 156 Å². The summed E-state index contributed by atoms with van der Waals surface area (Å²) in [5.74, 6) is 0. The predicted octanol–water partition coefficient (Wildman–Crippen LogP) is 18.7. The third-order valence-corrected chi connectivity index (χ3v) is 14.4. The van der Waals surface area contributed by atoms with Crippen molar-refractivity contribution < 1.29 is 0 Å². The van der Waals surface area contributed by atoms with Gasteiger partial charge in [-0.05, 0) is 289 Å². The van der Waals surface area contributed by atoms with Gasteiger partial charge in [-0.1, -0.05) is 98.8 Å². The van der Waals surface area contributed by atoms with Crippen LogP contribution in [0.25, 0.3) is 77.9 Å². The topological polar surface area (TPSA) is 0 Å². The zero-order valence-corrected chi connectivity index (χ0v) is 41.5. The minimum Gasteiger partial charge on any atom is -0.0683 e. The van der Waals surface area contributed by atoms with E-state index in [1.54, 1.807) is 0 Å². The molecule has 0 atom stereocenters. The third kappa shape index (κ3) is 8.81. The lowest BCUT2D eigenvalue weighted by Gasteiger charge is -2.21. The maximum absolute atomic E-state index is 2.46. The van der Waals surface area contributed by atoms with E-state index in [-0.39, 0.29) is 0 Å². The second-order valence-corrected chi connectivity index (χ2v) is 18.5. The molecule has 0 heterocycles. The first-order valence-electron chi connectivity index (χ1n) is 23.3. The van der Waals surface area contributed by atoms with Crippen LogP contribution in [-0.4, -0.2) is 0 Å². The molecule has 64 heavy (non-hydrogen) atoms. The van der Waals surface area contributed by atoms with E-state index < -0.39 is 0 Å². The lowest BCUT2D eigenvalue weighted by atomic mass is 9.83. The molecule has 0 aromatic heterocycles. The number of benzene rings is 8. The molecule has 0 bridgehead atoms. The van der Waals surface area contributed by atoms with E-state index in [0.29, 0.717) is 0 Å². The molecule has 0 saturated heterocycles. The second-order valence-electron chi connectivity index (χ2n) is 18.5. The van der Waals surface area contributed by atoms with Crippen LogP contribution < -0.4 is 0 Å². The molecule has 0 heteroatoms. The molecular weight excluding hydrogens is 769 g/mol.